The van der Waals surface area contributed by atoms with Crippen LogP contribution in [-0.2, 0) is 15.0 Å². The van der Waals surface area contributed by atoms with Gasteiger partial charge in [-0.15, -0.1) is 0 Å². The number of amides is 2. The molecular weight excluding hydrogens is 602 g/mol. The minimum absolute atomic E-state index is 0.129. The number of alkyl halides is 9. The third kappa shape index (κ3) is 6.70. The first-order valence-electron chi connectivity index (χ1n) is 11.4. The van der Waals surface area contributed by atoms with Crippen molar-refractivity contribution in [1.82, 2.24) is 15.3 Å². The van der Waals surface area contributed by atoms with Crippen LogP contribution < -0.4 is 15.0 Å². The van der Waals surface area contributed by atoms with E-state index >= 15 is 0 Å². The van der Waals surface area contributed by atoms with Crippen LogP contribution in [0.3, 0.4) is 0 Å². The summed E-state index contributed by atoms with van der Waals surface area (Å²) in [5.41, 5.74) is -5.78. The van der Waals surface area contributed by atoms with Crippen molar-refractivity contribution >= 4 is 48.5 Å². The Labute approximate surface area is 232 Å². The van der Waals surface area contributed by atoms with Crippen LogP contribution in [0.25, 0.3) is 0 Å². The number of aromatic nitrogens is 2. The van der Waals surface area contributed by atoms with E-state index in [9.17, 15) is 44.7 Å². The first-order chi connectivity index (χ1) is 18.4. The van der Waals surface area contributed by atoms with E-state index in [1.165, 1.54) is 0 Å². The Balaban J connectivity index is 2.09. The zero-order valence-corrected chi connectivity index (χ0v) is 21.8. The average Bonchev–Trinajstić information content (AvgIpc) is 2.86. The molecule has 0 bridgehead atoms. The zero-order valence-electron chi connectivity index (χ0n) is 20.3. The minimum atomic E-state index is -6.08. The molecule has 40 heavy (non-hydrogen) atoms. The molecule has 0 saturated heterocycles. The molecule has 1 heterocycles. The highest BCUT2D eigenvalue weighted by Gasteiger charge is 2.61. The monoisotopic (exact) mass is 620 g/mol. The Morgan fingerprint density at radius 3 is 2.20 bits per heavy atom. The summed E-state index contributed by atoms with van der Waals surface area (Å²) in [4.78, 5) is 34.8. The lowest BCUT2D eigenvalue weighted by atomic mass is 9.69. The van der Waals surface area contributed by atoms with Crippen LogP contribution in [0.4, 0.5) is 40.8 Å². The maximum absolute atomic E-state index is 14.3. The second kappa shape index (κ2) is 11.5. The second-order valence-electron chi connectivity index (χ2n) is 9.01. The van der Waals surface area contributed by atoms with Gasteiger partial charge in [-0.3, -0.25) is 14.5 Å². The van der Waals surface area contributed by atoms with Gasteiger partial charge in [0.05, 0.1) is 10.7 Å². The molecule has 1 aliphatic carbocycles. The summed E-state index contributed by atoms with van der Waals surface area (Å²) in [6.07, 6.45) is -9.78. The summed E-state index contributed by atoms with van der Waals surface area (Å²) in [6.45, 7) is 0. The van der Waals surface area contributed by atoms with Gasteiger partial charge in [-0.05, 0) is 25.0 Å². The van der Waals surface area contributed by atoms with E-state index in [4.69, 9.17) is 23.2 Å². The Morgan fingerprint density at radius 2 is 1.70 bits per heavy atom. The number of halogens is 10. The van der Waals surface area contributed by atoms with E-state index in [1.54, 1.807) is 0 Å². The van der Waals surface area contributed by atoms with E-state index in [0.29, 0.717) is 17.0 Å². The molecule has 1 N–H and O–H groups in total. The van der Waals surface area contributed by atoms with Crippen LogP contribution >= 0.6 is 23.2 Å². The molecule has 0 spiro atoms. The number of ether oxygens (including phenoxy) is 1. The quantitative estimate of drug-likeness (QED) is 0.263. The number of anilines is 1. The van der Waals surface area contributed by atoms with Gasteiger partial charge in [0, 0.05) is 42.9 Å². The number of rotatable bonds is 8. The number of nitrogens with one attached hydrogen (secondary N) is 1. The third-order valence-corrected chi connectivity index (χ3v) is 6.70. The maximum atomic E-state index is 14.3. The van der Waals surface area contributed by atoms with Crippen LogP contribution in [0.15, 0.2) is 36.9 Å². The molecule has 2 atom stereocenters. The average molecular weight is 621 g/mol. The summed E-state index contributed by atoms with van der Waals surface area (Å²) in [5.74, 6) is -6.62. The molecule has 1 fully saturated rings. The minimum Gasteiger partial charge on any atom is -0.426 e. The summed E-state index contributed by atoms with van der Waals surface area (Å²) >= 11 is 11.5. The highest BCUT2D eigenvalue weighted by atomic mass is 35.5. The molecule has 2 amide bonds. The van der Waals surface area contributed by atoms with Gasteiger partial charge in [-0.2, -0.15) is 22.0 Å². The molecule has 0 radical (unpaired) electrons. The molecule has 18 heteroatoms. The molecule has 218 valence electrons. The van der Waals surface area contributed by atoms with Gasteiger partial charge in [0.25, 0.3) is 11.5 Å². The van der Waals surface area contributed by atoms with Gasteiger partial charge >= 0.3 is 12.3 Å². The standard InChI is InChI=1S/C22H19BCl2F8N4O3/c23-20(11-8-34-10-35-9-11,18(39)36-12-3-5-19(27,28)6-4-12)37(17(38)16(25)26)15-2-1-13(7-14(15)24)40-22(32,33)21(29,30)31/h1-2,7-10,12,16H,3-6,23H2,(H,36,39)/t16-,20-/m0/s1. The number of hydrogen-bond acceptors (Lipinski definition) is 5. The Hall–Kier alpha value is -2.88. The normalized spacial score (nSPS) is 18.4. The molecule has 1 aliphatic rings. The first kappa shape index (κ1) is 31.6. The highest BCUT2D eigenvalue weighted by molar-refractivity contribution is 6.40. The predicted octanol–water partition coefficient (Wildman–Crippen LogP) is 4.71. The molecule has 0 aliphatic heterocycles. The fraction of sp³-hybridized carbons (Fsp3) is 0.455. The van der Waals surface area contributed by atoms with Gasteiger partial charge < -0.3 is 10.1 Å². The number of carbonyl (C=O) groups excluding carboxylic acids is 2. The van der Waals surface area contributed by atoms with E-state index < -0.39 is 76.4 Å². The molecule has 3 rings (SSSR count). The van der Waals surface area contributed by atoms with Crippen molar-refractivity contribution in [2.75, 3.05) is 4.90 Å². The van der Waals surface area contributed by atoms with E-state index in [1.807, 2.05) is 0 Å². The van der Waals surface area contributed by atoms with Crippen molar-refractivity contribution in [2.24, 2.45) is 0 Å². The number of hydrogen-bond donors (Lipinski definition) is 1. The van der Waals surface area contributed by atoms with Crippen molar-refractivity contribution in [2.45, 2.75) is 61.0 Å². The summed E-state index contributed by atoms with van der Waals surface area (Å²) in [6, 6.07) is 1.02. The van der Waals surface area contributed by atoms with Crippen LogP contribution in [0.2, 0.25) is 5.02 Å². The van der Waals surface area contributed by atoms with Gasteiger partial charge in [0.15, 0.2) is 7.85 Å². The van der Waals surface area contributed by atoms with Crippen molar-refractivity contribution in [1.29, 1.82) is 0 Å². The lowest BCUT2D eigenvalue weighted by molar-refractivity contribution is -0.360. The van der Waals surface area contributed by atoms with Crippen LogP contribution in [0.5, 0.6) is 5.75 Å². The van der Waals surface area contributed by atoms with E-state index in [0.717, 1.165) is 32.6 Å². The lowest BCUT2D eigenvalue weighted by Gasteiger charge is -2.42. The van der Waals surface area contributed by atoms with Crippen LogP contribution in [0.1, 0.15) is 31.2 Å². The van der Waals surface area contributed by atoms with Gasteiger partial charge in [0.2, 0.25) is 11.8 Å². The van der Waals surface area contributed by atoms with Crippen molar-refractivity contribution < 1.29 is 49.4 Å². The fourth-order valence-electron chi connectivity index (χ4n) is 4.04. The summed E-state index contributed by atoms with van der Waals surface area (Å²) in [5, 5.41) is 1.83. The summed E-state index contributed by atoms with van der Waals surface area (Å²) < 4.78 is 110. The fourth-order valence-corrected chi connectivity index (χ4v) is 4.39. The van der Waals surface area contributed by atoms with Crippen LogP contribution in [-0.4, -0.2) is 59.5 Å². The molecule has 7 nitrogen and oxygen atoms in total. The highest BCUT2D eigenvalue weighted by Crippen LogP contribution is 2.42. The van der Waals surface area contributed by atoms with Gasteiger partial charge in [-0.1, -0.05) is 23.2 Å². The SMILES string of the molecule is B[C@@](C(=O)NC1CCC(F)(F)CC1)(c1cncnc1)N(C(=O)[C@H](F)Cl)c1ccc(OC(F)(F)C(F)(F)F)cc1Cl. The van der Waals surface area contributed by atoms with Crippen molar-refractivity contribution in [3.8, 4) is 5.75 Å². The summed E-state index contributed by atoms with van der Waals surface area (Å²) in [7, 11) is 1.11. The molecule has 1 aromatic carbocycles. The smallest absolute Gasteiger partial charge is 0.426 e. The molecule has 1 aromatic heterocycles. The predicted molar refractivity (Wildman–Crippen MR) is 129 cm³/mol. The zero-order chi connectivity index (χ0) is 30.1. The maximum Gasteiger partial charge on any atom is 0.499 e. The van der Waals surface area contributed by atoms with E-state index in [2.05, 4.69) is 20.0 Å². The van der Waals surface area contributed by atoms with E-state index in [-0.39, 0.29) is 18.4 Å². The van der Waals surface area contributed by atoms with Crippen molar-refractivity contribution in [3.05, 3.63) is 47.5 Å². The van der Waals surface area contributed by atoms with Crippen LogP contribution in [0, 0.1) is 0 Å². The molecular formula is C22H19BCl2F8N4O3. The topological polar surface area (TPSA) is 84.4 Å². The molecule has 2 aromatic rings. The Kier molecular flexibility index (Phi) is 9.14. The first-order valence-corrected chi connectivity index (χ1v) is 12.2. The largest absolute Gasteiger partial charge is 0.499 e. The van der Waals surface area contributed by atoms with Gasteiger partial charge in [0.1, 0.15) is 17.5 Å². The Morgan fingerprint density at radius 1 is 1.12 bits per heavy atom. The van der Waals surface area contributed by atoms with Crippen molar-refractivity contribution in [3.63, 3.8) is 0 Å². The van der Waals surface area contributed by atoms with Gasteiger partial charge in [-0.25, -0.2) is 23.1 Å². The lowest BCUT2D eigenvalue weighted by Crippen LogP contribution is -2.62. The second-order valence-corrected chi connectivity index (χ2v) is 9.80. The number of nitrogens with zero attached hydrogens (tertiary/aromatic N) is 3. The number of carbonyl (C=O) groups is 2. The Bertz CT molecular complexity index is 1230. The molecule has 0 unspecified atom stereocenters. The number of benzene rings is 1. The third-order valence-electron chi connectivity index (χ3n) is 6.21. The molecule has 1 saturated carbocycles.